The van der Waals surface area contributed by atoms with Gasteiger partial charge >= 0.3 is 6.09 Å². The minimum absolute atomic E-state index is 0.168. The third-order valence-electron chi connectivity index (χ3n) is 6.22. The average Bonchev–Trinajstić information content (AvgIpc) is 3.48. The minimum Gasteiger partial charge on any atom is -0.448 e. The van der Waals surface area contributed by atoms with Crippen LogP contribution in [-0.4, -0.2) is 62.8 Å². The van der Waals surface area contributed by atoms with Crippen LogP contribution in [0.25, 0.3) is 16.4 Å². The molecule has 0 bridgehead atoms. The fourth-order valence-electron chi connectivity index (χ4n) is 4.37. The Labute approximate surface area is 228 Å². The van der Waals surface area contributed by atoms with Crippen LogP contribution in [0.5, 0.6) is 0 Å². The number of anilines is 3. The molecule has 4 heterocycles. The molecule has 0 saturated carbocycles. The summed E-state index contributed by atoms with van der Waals surface area (Å²) in [5, 5.41) is 17.8. The Morgan fingerprint density at radius 3 is 3.13 bits per heavy atom. The number of carbonyl (C=O) groups is 1. The van der Waals surface area contributed by atoms with Crippen LogP contribution in [0.4, 0.5) is 26.4 Å². The van der Waals surface area contributed by atoms with Crippen LogP contribution in [0.15, 0.2) is 61.2 Å². The molecule has 200 valence electrons. The van der Waals surface area contributed by atoms with E-state index in [2.05, 4.69) is 31.1 Å². The Kier molecular flexibility index (Phi) is 5.59. The highest BCUT2D eigenvalue weighted by molar-refractivity contribution is 5.91. The fourth-order valence-corrected chi connectivity index (χ4v) is 4.37. The smallest absolute Gasteiger partial charge is 0.411 e. The zero-order valence-electron chi connectivity index (χ0n) is 24.8. The molecule has 1 aliphatic rings. The second-order valence-corrected chi connectivity index (χ2v) is 8.92. The lowest BCUT2D eigenvalue weighted by Crippen LogP contribution is -2.44. The van der Waals surface area contributed by atoms with Crippen LogP contribution in [0, 0.1) is 12.7 Å². The van der Waals surface area contributed by atoms with Crippen LogP contribution < -0.4 is 16.0 Å². The molecule has 1 fully saturated rings. The van der Waals surface area contributed by atoms with Gasteiger partial charge < -0.3 is 20.1 Å². The van der Waals surface area contributed by atoms with Crippen molar-refractivity contribution in [3.8, 4) is 0 Å². The number of fused-ring (bicyclic) bond motifs is 2. The van der Waals surface area contributed by atoms with E-state index >= 15 is 0 Å². The van der Waals surface area contributed by atoms with E-state index in [1.54, 1.807) is 30.1 Å². The number of nitrogens with zero attached hydrogens (tertiary/aromatic N) is 5. The topological polar surface area (TPSA) is 120 Å². The van der Waals surface area contributed by atoms with E-state index in [9.17, 15) is 9.18 Å². The lowest BCUT2D eigenvalue weighted by molar-refractivity contribution is 0.0494. The van der Waals surface area contributed by atoms with E-state index in [0.29, 0.717) is 29.1 Å². The van der Waals surface area contributed by atoms with E-state index in [1.165, 1.54) is 23.0 Å². The third kappa shape index (κ3) is 5.38. The summed E-state index contributed by atoms with van der Waals surface area (Å²) in [4.78, 5) is 17.1. The molecule has 0 radical (unpaired) electrons. The quantitative estimate of drug-likeness (QED) is 0.288. The normalized spacial score (nSPS) is 18.7. The number of benzene rings is 2. The van der Waals surface area contributed by atoms with Gasteiger partial charge in [-0.15, -0.1) is 0 Å². The summed E-state index contributed by atoms with van der Waals surface area (Å²) in [6.07, 6.45) is 3.57. The molecule has 1 saturated heterocycles. The first-order valence-corrected chi connectivity index (χ1v) is 12.1. The summed E-state index contributed by atoms with van der Waals surface area (Å²) in [6.45, 7) is -2.75. The summed E-state index contributed by atoms with van der Waals surface area (Å²) >= 11 is 0. The van der Waals surface area contributed by atoms with Crippen LogP contribution in [0.3, 0.4) is 0 Å². The second-order valence-electron chi connectivity index (χ2n) is 8.92. The van der Waals surface area contributed by atoms with E-state index < -0.39 is 25.2 Å². The first kappa shape index (κ1) is 20.4. The van der Waals surface area contributed by atoms with Crippen LogP contribution >= 0.6 is 0 Å². The van der Waals surface area contributed by atoms with Crippen molar-refractivity contribution in [3.63, 3.8) is 0 Å². The molecule has 3 aromatic heterocycles. The van der Waals surface area contributed by atoms with Crippen molar-refractivity contribution < 1.29 is 24.1 Å². The molecule has 5 aromatic rings. The molecule has 6 rings (SSSR count). The Balaban J connectivity index is 1.18. The molecule has 0 spiro atoms. The Bertz CT molecular complexity index is 1830. The van der Waals surface area contributed by atoms with Gasteiger partial charge in [0.1, 0.15) is 24.2 Å². The van der Waals surface area contributed by atoms with Crippen molar-refractivity contribution in [2.45, 2.75) is 19.5 Å². The lowest BCUT2D eigenvalue weighted by atomic mass is 10.2. The predicted octanol–water partition coefficient (Wildman–Crippen LogP) is 3.86. The maximum absolute atomic E-state index is 13.6. The van der Waals surface area contributed by atoms with E-state index in [1.807, 2.05) is 24.3 Å². The summed E-state index contributed by atoms with van der Waals surface area (Å²) in [5.41, 5.74) is 3.88. The van der Waals surface area contributed by atoms with Crippen LogP contribution in [-0.2, 0) is 16.0 Å². The minimum atomic E-state index is -2.55. The summed E-state index contributed by atoms with van der Waals surface area (Å²) < 4.78 is 58.9. The second kappa shape index (κ2) is 10.7. The molecule has 3 N–H and O–H groups in total. The van der Waals surface area contributed by atoms with E-state index in [4.69, 9.17) is 15.0 Å². The number of hydrogen-bond acceptors (Lipinski definition) is 8. The van der Waals surface area contributed by atoms with Gasteiger partial charge in [-0.3, -0.25) is 10.00 Å². The fraction of sp³-hybridized carbons (Fsp3) is 0.259. The molecule has 11 nitrogen and oxygen atoms in total. The van der Waals surface area contributed by atoms with Gasteiger partial charge in [0.2, 0.25) is 0 Å². The van der Waals surface area contributed by atoms with Gasteiger partial charge in [0.15, 0.2) is 5.82 Å². The number of aryl methyl sites for hydroxylation is 1. The Morgan fingerprint density at radius 2 is 2.26 bits per heavy atom. The van der Waals surface area contributed by atoms with Crippen LogP contribution in [0.1, 0.15) is 16.6 Å². The summed E-state index contributed by atoms with van der Waals surface area (Å²) in [7, 11) is 0. The van der Waals surface area contributed by atoms with Gasteiger partial charge in [-0.25, -0.2) is 18.7 Å². The van der Waals surface area contributed by atoms with E-state index in [-0.39, 0.29) is 19.0 Å². The highest BCUT2D eigenvalue weighted by Gasteiger charge is 2.18. The van der Waals surface area contributed by atoms with Crippen molar-refractivity contribution >= 4 is 39.7 Å². The largest absolute Gasteiger partial charge is 0.448 e. The number of halogens is 1. The highest BCUT2D eigenvalue weighted by Crippen LogP contribution is 2.29. The molecule has 1 atom stereocenters. The van der Waals surface area contributed by atoms with Crippen molar-refractivity contribution in [3.05, 3.63) is 78.1 Å². The lowest BCUT2D eigenvalue weighted by Gasteiger charge is -2.23. The number of rotatable bonds is 7. The molecule has 1 aliphatic heterocycles. The van der Waals surface area contributed by atoms with E-state index in [0.717, 1.165) is 22.2 Å². The molecule has 0 unspecified atom stereocenters. The van der Waals surface area contributed by atoms with Crippen molar-refractivity contribution in [2.24, 2.45) is 0 Å². The summed E-state index contributed by atoms with van der Waals surface area (Å²) in [6, 6.07) is 10.9. The van der Waals surface area contributed by atoms with Crippen molar-refractivity contribution in [1.82, 2.24) is 29.7 Å². The molecule has 39 heavy (non-hydrogen) atoms. The number of ether oxygens (including phenoxy) is 2. The number of nitrogens with one attached hydrogen (secondary N) is 3. The number of morpholine rings is 1. The number of carbonyl (C=O) groups excluding carboxylic acids is 1. The summed E-state index contributed by atoms with van der Waals surface area (Å²) in [5.74, 6) is 0.160. The molecule has 12 heteroatoms. The van der Waals surface area contributed by atoms with Gasteiger partial charge in [0.25, 0.3) is 0 Å². The Hall–Kier alpha value is -4.55. The molecule has 2 aromatic carbocycles. The van der Waals surface area contributed by atoms with Crippen molar-refractivity contribution in [2.75, 3.05) is 36.9 Å². The monoisotopic (exact) mass is 534 g/mol. The van der Waals surface area contributed by atoms with Crippen molar-refractivity contribution in [1.29, 1.82) is 0 Å². The van der Waals surface area contributed by atoms with Gasteiger partial charge in [-0.1, -0.05) is 12.1 Å². The molecular formula is C27H27FN8O3. The zero-order chi connectivity index (χ0) is 30.4. The first-order valence-electron chi connectivity index (χ1n) is 14.1. The predicted molar refractivity (Wildman–Crippen MR) is 144 cm³/mol. The third-order valence-corrected chi connectivity index (χ3v) is 6.22. The van der Waals surface area contributed by atoms with Gasteiger partial charge in [0.05, 0.1) is 52.1 Å². The number of aromatic nitrogens is 5. The number of amides is 1. The first-order chi connectivity index (χ1) is 20.5. The van der Waals surface area contributed by atoms with Gasteiger partial charge in [-0.2, -0.15) is 10.2 Å². The highest BCUT2D eigenvalue weighted by atomic mass is 19.1. The Morgan fingerprint density at radius 1 is 1.33 bits per heavy atom. The molecule has 0 aliphatic carbocycles. The van der Waals surface area contributed by atoms with Gasteiger partial charge in [0, 0.05) is 25.9 Å². The molecule has 1 amide bonds. The average molecular weight is 535 g/mol. The standard InChI is InChI=1S/C27H27FN8O3/c1-17-23(34-27(37)39-15-22-14-38-8-7-29-22)13-36-25(17)26(30-16-32-36)33-21-5-6-24-19(10-21)11-31-35(24)12-18-3-2-4-20(28)9-18/h2-6,9-11,13,16,22,29H,7-8,12,14-15H2,1H3,(H,34,37)(H,30,32,33)/t22-/m1/s1/i7D2,15D2. The maximum atomic E-state index is 13.6. The van der Waals surface area contributed by atoms with Gasteiger partial charge in [-0.05, 0) is 42.8 Å². The zero-order valence-corrected chi connectivity index (χ0v) is 20.8. The van der Waals surface area contributed by atoms with Crippen LogP contribution in [0.2, 0.25) is 0 Å². The maximum Gasteiger partial charge on any atom is 0.411 e. The molecular weight excluding hydrogens is 503 g/mol. The SMILES string of the molecule is [2H]C1([2H])COC[C@H](C([2H])([2H])OC(=O)Nc2cn3ncnc(Nc4ccc5c(cnn5Cc5cccc(F)c5)c4)c3c2C)N1. The number of hydrogen-bond donors (Lipinski definition) is 3.